The molecule has 0 fully saturated rings. The van der Waals surface area contributed by atoms with Crippen molar-refractivity contribution < 1.29 is 9.18 Å². The van der Waals surface area contributed by atoms with Crippen molar-refractivity contribution in [1.82, 2.24) is 0 Å². The standard InChI is InChI=1S/C19H23FN2O/c1-4-21(18-12-8-9-16(20)13-18)14-19(23)22(15(2)3)17-10-6-5-7-11-17/h5-13,15H,4,14H2,1-3H3. The Morgan fingerprint density at radius 1 is 1.04 bits per heavy atom. The molecule has 4 heteroatoms. The summed E-state index contributed by atoms with van der Waals surface area (Å²) in [4.78, 5) is 16.5. The van der Waals surface area contributed by atoms with E-state index >= 15 is 0 Å². The second-order valence-corrected chi connectivity index (χ2v) is 5.69. The van der Waals surface area contributed by atoms with E-state index in [1.54, 1.807) is 11.0 Å². The predicted molar refractivity (Wildman–Crippen MR) is 93.4 cm³/mol. The van der Waals surface area contributed by atoms with Gasteiger partial charge in [0.15, 0.2) is 0 Å². The van der Waals surface area contributed by atoms with Crippen LogP contribution in [-0.4, -0.2) is 25.0 Å². The Morgan fingerprint density at radius 2 is 1.70 bits per heavy atom. The van der Waals surface area contributed by atoms with Crippen LogP contribution in [0, 0.1) is 5.82 Å². The van der Waals surface area contributed by atoms with Gasteiger partial charge in [-0.1, -0.05) is 24.3 Å². The second-order valence-electron chi connectivity index (χ2n) is 5.69. The topological polar surface area (TPSA) is 23.6 Å². The Balaban J connectivity index is 2.20. The quantitative estimate of drug-likeness (QED) is 0.801. The molecule has 0 aliphatic rings. The number of amides is 1. The van der Waals surface area contributed by atoms with Crippen molar-refractivity contribution in [2.24, 2.45) is 0 Å². The van der Waals surface area contributed by atoms with E-state index in [1.807, 2.05) is 62.1 Å². The molecule has 2 rings (SSSR count). The second kappa shape index (κ2) is 7.77. The maximum atomic E-state index is 13.4. The molecule has 2 aromatic rings. The van der Waals surface area contributed by atoms with Crippen molar-refractivity contribution >= 4 is 17.3 Å². The molecule has 0 saturated heterocycles. The first-order chi connectivity index (χ1) is 11.0. The first-order valence-electron chi connectivity index (χ1n) is 7.90. The molecule has 122 valence electrons. The smallest absolute Gasteiger partial charge is 0.246 e. The molecule has 0 bridgehead atoms. The minimum atomic E-state index is -0.294. The average molecular weight is 314 g/mol. The fraction of sp³-hybridized carbons (Fsp3) is 0.316. The lowest BCUT2D eigenvalue weighted by atomic mass is 10.2. The average Bonchev–Trinajstić information content (AvgIpc) is 2.53. The van der Waals surface area contributed by atoms with Crippen LogP contribution < -0.4 is 9.80 Å². The highest BCUT2D eigenvalue weighted by Gasteiger charge is 2.21. The van der Waals surface area contributed by atoms with Crippen LogP contribution in [0.5, 0.6) is 0 Å². The van der Waals surface area contributed by atoms with Gasteiger partial charge in [-0.05, 0) is 51.1 Å². The van der Waals surface area contributed by atoms with E-state index in [9.17, 15) is 9.18 Å². The maximum Gasteiger partial charge on any atom is 0.246 e. The molecule has 0 atom stereocenters. The Morgan fingerprint density at radius 3 is 2.26 bits per heavy atom. The first-order valence-corrected chi connectivity index (χ1v) is 7.90. The SMILES string of the molecule is CCN(CC(=O)N(c1ccccc1)C(C)C)c1cccc(F)c1. The highest BCUT2D eigenvalue weighted by molar-refractivity contribution is 5.96. The molecule has 0 saturated carbocycles. The van der Waals surface area contributed by atoms with Crippen molar-refractivity contribution in [3.63, 3.8) is 0 Å². The van der Waals surface area contributed by atoms with Gasteiger partial charge in [-0.2, -0.15) is 0 Å². The zero-order valence-corrected chi connectivity index (χ0v) is 13.9. The summed E-state index contributed by atoms with van der Waals surface area (Å²) in [6.45, 7) is 6.79. The van der Waals surface area contributed by atoms with Gasteiger partial charge in [-0.15, -0.1) is 0 Å². The lowest BCUT2D eigenvalue weighted by Crippen LogP contribution is -2.44. The highest BCUT2D eigenvalue weighted by Crippen LogP contribution is 2.19. The Labute approximate surface area is 137 Å². The molecule has 1 amide bonds. The fourth-order valence-corrected chi connectivity index (χ4v) is 2.62. The van der Waals surface area contributed by atoms with Crippen LogP contribution in [0.4, 0.5) is 15.8 Å². The van der Waals surface area contributed by atoms with Gasteiger partial charge in [-0.3, -0.25) is 4.79 Å². The molecule has 23 heavy (non-hydrogen) atoms. The van der Waals surface area contributed by atoms with Crippen molar-refractivity contribution in [2.45, 2.75) is 26.8 Å². The number of halogens is 1. The molecule has 0 heterocycles. The molecular formula is C19H23FN2O. The Bertz CT molecular complexity index is 643. The van der Waals surface area contributed by atoms with Gasteiger partial charge in [0.2, 0.25) is 5.91 Å². The number of carbonyl (C=O) groups excluding carboxylic acids is 1. The summed E-state index contributed by atoms with van der Waals surface area (Å²) in [6, 6.07) is 16.0. The Kier molecular flexibility index (Phi) is 5.74. The Hall–Kier alpha value is -2.36. The summed E-state index contributed by atoms with van der Waals surface area (Å²) in [5.41, 5.74) is 1.60. The number of para-hydroxylation sites is 1. The third-order valence-corrected chi connectivity index (χ3v) is 3.70. The molecule has 0 radical (unpaired) electrons. The maximum absolute atomic E-state index is 13.4. The normalized spacial score (nSPS) is 10.7. The number of anilines is 2. The predicted octanol–water partition coefficient (Wildman–Crippen LogP) is 4.09. The summed E-state index contributed by atoms with van der Waals surface area (Å²) >= 11 is 0. The van der Waals surface area contributed by atoms with Gasteiger partial charge in [0.1, 0.15) is 5.82 Å². The van der Waals surface area contributed by atoms with E-state index in [1.165, 1.54) is 12.1 Å². The van der Waals surface area contributed by atoms with Crippen molar-refractivity contribution in [2.75, 3.05) is 22.9 Å². The van der Waals surface area contributed by atoms with Crippen LogP contribution in [0.3, 0.4) is 0 Å². The van der Waals surface area contributed by atoms with Gasteiger partial charge < -0.3 is 9.80 Å². The number of hydrogen-bond donors (Lipinski definition) is 0. The van der Waals surface area contributed by atoms with Gasteiger partial charge in [0, 0.05) is 24.0 Å². The lowest BCUT2D eigenvalue weighted by molar-refractivity contribution is -0.117. The molecule has 0 N–H and O–H groups in total. The van der Waals surface area contributed by atoms with Gasteiger partial charge in [0.25, 0.3) is 0 Å². The summed E-state index contributed by atoms with van der Waals surface area (Å²) in [5.74, 6) is -0.297. The van der Waals surface area contributed by atoms with E-state index in [0.717, 1.165) is 11.4 Å². The minimum Gasteiger partial charge on any atom is -0.362 e. The third-order valence-electron chi connectivity index (χ3n) is 3.70. The van der Waals surface area contributed by atoms with Crippen molar-refractivity contribution in [3.05, 3.63) is 60.4 Å². The third kappa shape index (κ3) is 4.31. The van der Waals surface area contributed by atoms with E-state index in [-0.39, 0.29) is 24.3 Å². The monoisotopic (exact) mass is 314 g/mol. The van der Waals surface area contributed by atoms with Gasteiger partial charge in [0.05, 0.1) is 6.54 Å². The molecular weight excluding hydrogens is 291 g/mol. The summed E-state index contributed by atoms with van der Waals surface area (Å²) in [5, 5.41) is 0. The molecule has 0 aromatic heterocycles. The molecule has 0 aliphatic carbocycles. The number of carbonyl (C=O) groups is 1. The van der Waals surface area contributed by atoms with Crippen LogP contribution in [0.15, 0.2) is 54.6 Å². The minimum absolute atomic E-state index is 0.00249. The fourth-order valence-electron chi connectivity index (χ4n) is 2.62. The van der Waals surface area contributed by atoms with E-state index < -0.39 is 0 Å². The van der Waals surface area contributed by atoms with Crippen molar-refractivity contribution in [1.29, 1.82) is 0 Å². The zero-order chi connectivity index (χ0) is 16.8. The van der Waals surface area contributed by atoms with Crippen LogP contribution in [0.2, 0.25) is 0 Å². The number of hydrogen-bond acceptors (Lipinski definition) is 2. The van der Waals surface area contributed by atoms with Gasteiger partial charge >= 0.3 is 0 Å². The van der Waals surface area contributed by atoms with Crippen LogP contribution in [0.1, 0.15) is 20.8 Å². The number of benzene rings is 2. The van der Waals surface area contributed by atoms with E-state index in [4.69, 9.17) is 0 Å². The van der Waals surface area contributed by atoms with Crippen LogP contribution in [0.25, 0.3) is 0 Å². The summed E-state index contributed by atoms with van der Waals surface area (Å²) < 4.78 is 13.4. The molecule has 0 aliphatic heterocycles. The lowest BCUT2D eigenvalue weighted by Gasteiger charge is -2.30. The van der Waals surface area contributed by atoms with Gasteiger partial charge in [-0.25, -0.2) is 4.39 Å². The summed E-state index contributed by atoms with van der Waals surface area (Å²) in [6.07, 6.45) is 0. The molecule has 0 spiro atoms. The van der Waals surface area contributed by atoms with Crippen LogP contribution >= 0.6 is 0 Å². The number of nitrogens with zero attached hydrogens (tertiary/aromatic N) is 2. The molecule has 3 nitrogen and oxygen atoms in total. The summed E-state index contributed by atoms with van der Waals surface area (Å²) in [7, 11) is 0. The number of likely N-dealkylation sites (N-methyl/N-ethyl adjacent to an activating group) is 1. The molecule has 2 aromatic carbocycles. The van der Waals surface area contributed by atoms with Crippen molar-refractivity contribution in [3.8, 4) is 0 Å². The van der Waals surface area contributed by atoms with E-state index in [0.29, 0.717) is 6.54 Å². The largest absolute Gasteiger partial charge is 0.362 e. The van der Waals surface area contributed by atoms with E-state index in [2.05, 4.69) is 0 Å². The van der Waals surface area contributed by atoms with Crippen LogP contribution in [-0.2, 0) is 4.79 Å². The molecule has 0 unspecified atom stereocenters. The first kappa shape index (κ1) is 17.0. The number of rotatable bonds is 6. The highest BCUT2D eigenvalue weighted by atomic mass is 19.1. The zero-order valence-electron chi connectivity index (χ0n) is 13.9.